The van der Waals surface area contributed by atoms with Crippen LogP contribution in [0.5, 0.6) is 0 Å². The third kappa shape index (κ3) is 4.91. The molecule has 0 bridgehead atoms. The Balaban J connectivity index is 1.68. The van der Waals surface area contributed by atoms with Gasteiger partial charge in [0.2, 0.25) is 0 Å². The Labute approximate surface area is 197 Å². The molecule has 8 nitrogen and oxygen atoms in total. The van der Waals surface area contributed by atoms with E-state index in [0.717, 1.165) is 23.8 Å². The minimum absolute atomic E-state index is 0.107. The fourth-order valence-corrected chi connectivity index (χ4v) is 4.20. The van der Waals surface area contributed by atoms with Crippen LogP contribution >= 0.6 is 11.6 Å². The minimum Gasteiger partial charge on any atom is -0.384 e. The molecule has 3 heterocycles. The van der Waals surface area contributed by atoms with E-state index in [4.69, 9.17) is 28.9 Å². The summed E-state index contributed by atoms with van der Waals surface area (Å²) in [6.07, 6.45) is 3.29. The number of benzene rings is 1. The first-order valence-electron chi connectivity index (χ1n) is 10.9. The van der Waals surface area contributed by atoms with Gasteiger partial charge in [-0.1, -0.05) is 29.2 Å². The Morgan fingerprint density at radius 2 is 2.06 bits per heavy atom. The van der Waals surface area contributed by atoms with Crippen molar-refractivity contribution in [3.63, 3.8) is 0 Å². The van der Waals surface area contributed by atoms with E-state index in [9.17, 15) is 14.7 Å². The van der Waals surface area contributed by atoms with Crippen molar-refractivity contribution in [1.29, 1.82) is 0 Å². The van der Waals surface area contributed by atoms with Crippen molar-refractivity contribution < 1.29 is 14.6 Å². The summed E-state index contributed by atoms with van der Waals surface area (Å²) >= 11 is 5.96. The molecule has 10 heteroatoms. The van der Waals surface area contributed by atoms with Crippen LogP contribution in [-0.4, -0.2) is 46.6 Å². The molecule has 0 spiro atoms. The van der Waals surface area contributed by atoms with Crippen molar-refractivity contribution in [2.24, 2.45) is 7.05 Å². The zero-order valence-electron chi connectivity index (χ0n) is 18.4. The molecule has 1 saturated heterocycles. The predicted molar refractivity (Wildman–Crippen MR) is 126 cm³/mol. The molecule has 33 heavy (non-hydrogen) atoms. The lowest BCUT2D eigenvalue weighted by Crippen LogP contribution is -2.41. The lowest BCUT2D eigenvalue weighted by molar-refractivity contribution is -0.163. The first-order chi connectivity index (χ1) is 15.9. The third-order valence-corrected chi connectivity index (χ3v) is 6.10. The molecule has 3 aromatic rings. The van der Waals surface area contributed by atoms with Gasteiger partial charge in [0, 0.05) is 31.4 Å². The molecule has 4 rings (SSSR count). The van der Waals surface area contributed by atoms with Gasteiger partial charge in [0.25, 0.3) is 5.56 Å². The van der Waals surface area contributed by atoms with Gasteiger partial charge < -0.3 is 14.6 Å². The average molecular weight is 470 g/mol. The molecule has 0 amide bonds. The predicted octanol–water partition coefficient (Wildman–Crippen LogP) is 1.56. The van der Waals surface area contributed by atoms with E-state index in [1.807, 2.05) is 0 Å². The van der Waals surface area contributed by atoms with Gasteiger partial charge in [-0.3, -0.25) is 13.9 Å². The van der Waals surface area contributed by atoms with Crippen LogP contribution in [0.2, 0.25) is 5.02 Å². The van der Waals surface area contributed by atoms with Crippen LogP contribution in [0.3, 0.4) is 0 Å². The second-order valence-corrected chi connectivity index (χ2v) is 8.54. The summed E-state index contributed by atoms with van der Waals surface area (Å²) in [5.74, 6) is 0. The summed E-state index contributed by atoms with van der Waals surface area (Å²) in [5, 5.41) is 11.7. The van der Waals surface area contributed by atoms with Crippen molar-refractivity contribution >= 4 is 35.9 Å². The summed E-state index contributed by atoms with van der Waals surface area (Å²) in [7, 11) is 7.68. The second-order valence-electron chi connectivity index (χ2n) is 8.10. The molecule has 1 aliphatic heterocycles. The lowest BCUT2D eigenvalue weighted by Gasteiger charge is -2.22. The Morgan fingerprint density at radius 3 is 2.76 bits per heavy atom. The van der Waals surface area contributed by atoms with Crippen LogP contribution in [0.15, 0.2) is 40.1 Å². The Kier molecular flexibility index (Phi) is 7.33. The van der Waals surface area contributed by atoms with Crippen molar-refractivity contribution in [2.45, 2.75) is 44.6 Å². The number of ether oxygens (including phenoxy) is 2. The van der Waals surface area contributed by atoms with Gasteiger partial charge in [-0.05, 0) is 48.9 Å². The molecule has 2 radical (unpaired) electrons. The van der Waals surface area contributed by atoms with E-state index in [2.05, 4.69) is 4.98 Å². The van der Waals surface area contributed by atoms with Gasteiger partial charge in [0.15, 0.2) is 6.29 Å². The number of aromatic nitrogens is 3. The van der Waals surface area contributed by atoms with Gasteiger partial charge >= 0.3 is 5.69 Å². The highest BCUT2D eigenvalue weighted by molar-refractivity contribution is 6.34. The van der Waals surface area contributed by atoms with Crippen molar-refractivity contribution in [1.82, 2.24) is 14.1 Å². The zero-order valence-corrected chi connectivity index (χ0v) is 19.1. The van der Waals surface area contributed by atoms with Crippen LogP contribution in [0, 0.1) is 0 Å². The van der Waals surface area contributed by atoms with E-state index >= 15 is 0 Å². The molecule has 0 aliphatic carbocycles. The summed E-state index contributed by atoms with van der Waals surface area (Å²) in [6, 6.07) is 6.60. The molecular formula is C23H25BClN3O5. The lowest BCUT2D eigenvalue weighted by atomic mass is 9.86. The standard InChI is InChI=1S/C23H25BClN3O5/c1-27-21-19(18(16(24)13-26-21)20(29)14-6-8-15(25)9-7-14)22(30)28(23(27)31)10-4-12-33-17-5-2-3-11-32-17/h6-9,13,17,20,29H,2-5,10-12H2,1H3. The Hall–Kier alpha value is -2.46. The normalized spacial score (nSPS) is 17.4. The SMILES string of the molecule is [B]c1cnc2c(c1C(O)c1ccc(Cl)cc1)c(=O)n(CCCOC1CCCCO1)c(=O)n2C. The number of hydrogen-bond acceptors (Lipinski definition) is 6. The summed E-state index contributed by atoms with van der Waals surface area (Å²) in [4.78, 5) is 30.5. The molecule has 1 fully saturated rings. The number of rotatable bonds is 7. The van der Waals surface area contributed by atoms with Crippen LogP contribution in [0.4, 0.5) is 0 Å². The largest absolute Gasteiger partial charge is 0.384 e. The highest BCUT2D eigenvalue weighted by atomic mass is 35.5. The van der Waals surface area contributed by atoms with Gasteiger partial charge in [-0.25, -0.2) is 9.78 Å². The first-order valence-corrected chi connectivity index (χ1v) is 11.3. The van der Waals surface area contributed by atoms with E-state index in [0.29, 0.717) is 30.2 Å². The summed E-state index contributed by atoms with van der Waals surface area (Å²) in [6.45, 7) is 1.19. The monoisotopic (exact) mass is 469 g/mol. The molecule has 2 unspecified atom stereocenters. The summed E-state index contributed by atoms with van der Waals surface area (Å²) in [5.41, 5.74) is -0.00591. The van der Waals surface area contributed by atoms with Crippen LogP contribution in [-0.2, 0) is 23.1 Å². The molecule has 2 aromatic heterocycles. The molecule has 1 aromatic carbocycles. The van der Waals surface area contributed by atoms with Gasteiger partial charge in [0.05, 0.1) is 12.0 Å². The highest BCUT2D eigenvalue weighted by Crippen LogP contribution is 2.25. The van der Waals surface area contributed by atoms with Crippen LogP contribution in [0.1, 0.15) is 42.9 Å². The van der Waals surface area contributed by atoms with Crippen LogP contribution in [0.25, 0.3) is 11.0 Å². The van der Waals surface area contributed by atoms with E-state index in [1.54, 1.807) is 24.3 Å². The molecule has 172 valence electrons. The van der Waals surface area contributed by atoms with Crippen LogP contribution < -0.4 is 16.7 Å². The smallest absolute Gasteiger partial charge is 0.332 e. The topological polar surface area (TPSA) is 95.6 Å². The van der Waals surface area contributed by atoms with E-state index in [1.165, 1.54) is 17.8 Å². The number of aliphatic hydroxyl groups excluding tert-OH is 1. The Morgan fingerprint density at radius 1 is 1.30 bits per heavy atom. The highest BCUT2D eigenvalue weighted by Gasteiger charge is 2.22. The number of halogens is 1. The fraction of sp³-hybridized carbons (Fsp3) is 0.435. The number of pyridine rings is 1. The average Bonchev–Trinajstić information content (AvgIpc) is 2.82. The quantitative estimate of drug-likeness (QED) is 0.417. The fourth-order valence-electron chi connectivity index (χ4n) is 4.07. The van der Waals surface area contributed by atoms with E-state index < -0.39 is 17.4 Å². The van der Waals surface area contributed by atoms with Gasteiger partial charge in [-0.15, -0.1) is 0 Å². The molecule has 1 N–H and O–H groups in total. The van der Waals surface area contributed by atoms with Crippen molar-refractivity contribution in [3.8, 4) is 0 Å². The number of nitrogens with zero attached hydrogens (tertiary/aromatic N) is 3. The summed E-state index contributed by atoms with van der Waals surface area (Å²) < 4.78 is 13.7. The second kappa shape index (κ2) is 10.2. The maximum absolute atomic E-state index is 13.4. The number of aryl methyl sites for hydroxylation is 1. The minimum atomic E-state index is -1.20. The van der Waals surface area contributed by atoms with Gasteiger partial charge in [-0.2, -0.15) is 0 Å². The van der Waals surface area contributed by atoms with Crippen molar-refractivity contribution in [3.05, 3.63) is 67.4 Å². The Bertz CT molecular complexity index is 1250. The first kappa shape index (κ1) is 23.7. The number of hydrogen-bond donors (Lipinski definition) is 1. The molecular weight excluding hydrogens is 445 g/mol. The number of fused-ring (bicyclic) bond motifs is 1. The van der Waals surface area contributed by atoms with Gasteiger partial charge in [0.1, 0.15) is 19.6 Å². The van der Waals surface area contributed by atoms with E-state index in [-0.39, 0.29) is 34.9 Å². The van der Waals surface area contributed by atoms with Crippen molar-refractivity contribution in [2.75, 3.05) is 13.2 Å². The number of aliphatic hydroxyl groups is 1. The molecule has 2 atom stereocenters. The third-order valence-electron chi connectivity index (χ3n) is 5.85. The zero-order chi connectivity index (χ0) is 23.5. The molecule has 0 saturated carbocycles. The molecule has 1 aliphatic rings. The maximum atomic E-state index is 13.4. The maximum Gasteiger partial charge on any atom is 0.332 e.